The summed E-state index contributed by atoms with van der Waals surface area (Å²) in [6.45, 7) is 2.05. The lowest BCUT2D eigenvalue weighted by Crippen LogP contribution is -2.08. The second-order valence-corrected chi connectivity index (χ2v) is 7.69. The van der Waals surface area contributed by atoms with Crippen molar-refractivity contribution in [1.29, 1.82) is 0 Å². The molecule has 0 aliphatic rings. The van der Waals surface area contributed by atoms with Crippen molar-refractivity contribution in [2.45, 2.75) is 20.1 Å². The van der Waals surface area contributed by atoms with Gasteiger partial charge in [-0.15, -0.1) is 0 Å². The minimum Gasteiger partial charge on any atom is -0.500 e. The summed E-state index contributed by atoms with van der Waals surface area (Å²) < 4.78 is 16.8. The molecule has 0 radical (unpaired) electrons. The van der Waals surface area contributed by atoms with E-state index in [9.17, 15) is 9.90 Å². The molecule has 0 aliphatic heterocycles. The summed E-state index contributed by atoms with van der Waals surface area (Å²) in [5.74, 6) is 0.0294. The van der Waals surface area contributed by atoms with Crippen molar-refractivity contribution >= 4 is 34.7 Å². The van der Waals surface area contributed by atoms with Crippen LogP contribution in [0.4, 0.5) is 0 Å². The average molecular weight is 473 g/mol. The van der Waals surface area contributed by atoms with Crippen molar-refractivity contribution in [1.82, 2.24) is 0 Å². The van der Waals surface area contributed by atoms with Gasteiger partial charge in [-0.1, -0.05) is 77.8 Å². The van der Waals surface area contributed by atoms with Gasteiger partial charge in [-0.25, -0.2) is 4.79 Å². The fourth-order valence-electron chi connectivity index (χ4n) is 3.10. The fraction of sp³-hybridized carbons (Fsp3) is 0.160. The molecular formula is C25H22Cl2O5. The average Bonchev–Trinajstić information content (AvgIpc) is 2.78. The first-order valence-electron chi connectivity index (χ1n) is 9.75. The number of methoxy groups -OCH3 is 1. The number of carboxylic acid groups (broad SMARTS) is 1. The maximum absolute atomic E-state index is 11.8. The Kier molecular flexibility index (Phi) is 8.03. The third-order valence-electron chi connectivity index (χ3n) is 4.75. The van der Waals surface area contributed by atoms with E-state index in [0.29, 0.717) is 45.0 Å². The lowest BCUT2D eigenvalue weighted by Gasteiger charge is -2.15. The van der Waals surface area contributed by atoms with Crippen LogP contribution < -0.4 is 9.47 Å². The Morgan fingerprint density at radius 3 is 2.16 bits per heavy atom. The molecule has 0 amide bonds. The van der Waals surface area contributed by atoms with Gasteiger partial charge in [0, 0.05) is 12.1 Å². The van der Waals surface area contributed by atoms with E-state index < -0.39 is 5.97 Å². The first-order chi connectivity index (χ1) is 15.4. The molecule has 166 valence electrons. The highest BCUT2D eigenvalue weighted by Crippen LogP contribution is 2.38. The monoisotopic (exact) mass is 472 g/mol. The minimum atomic E-state index is -1.08. The number of halogens is 2. The molecule has 0 unspecified atom stereocenters. The van der Waals surface area contributed by atoms with Crippen LogP contribution in [0, 0.1) is 0 Å². The largest absolute Gasteiger partial charge is 0.500 e. The van der Waals surface area contributed by atoms with Gasteiger partial charge in [0.05, 0.1) is 17.2 Å². The third kappa shape index (κ3) is 5.75. The first-order valence-corrected chi connectivity index (χ1v) is 10.5. The summed E-state index contributed by atoms with van der Waals surface area (Å²) in [5.41, 5.74) is 2.26. The molecule has 0 bridgehead atoms. The molecule has 0 aromatic heterocycles. The maximum Gasteiger partial charge on any atom is 0.339 e. The fourth-order valence-corrected chi connectivity index (χ4v) is 3.67. The van der Waals surface area contributed by atoms with Gasteiger partial charge < -0.3 is 19.3 Å². The van der Waals surface area contributed by atoms with Crippen molar-refractivity contribution in [3.63, 3.8) is 0 Å². The summed E-state index contributed by atoms with van der Waals surface area (Å²) in [6, 6.07) is 20.0. The van der Waals surface area contributed by atoms with Crippen molar-refractivity contribution in [2.75, 3.05) is 7.11 Å². The van der Waals surface area contributed by atoms with Gasteiger partial charge in [-0.05, 0) is 23.6 Å². The van der Waals surface area contributed by atoms with Crippen LogP contribution in [0.25, 0.3) is 5.57 Å². The summed E-state index contributed by atoms with van der Waals surface area (Å²) >= 11 is 12.8. The van der Waals surface area contributed by atoms with Gasteiger partial charge in [0.15, 0.2) is 5.75 Å². The van der Waals surface area contributed by atoms with E-state index in [2.05, 4.69) is 0 Å². The smallest absolute Gasteiger partial charge is 0.339 e. The van der Waals surface area contributed by atoms with E-state index in [1.807, 2.05) is 36.4 Å². The van der Waals surface area contributed by atoms with E-state index in [0.717, 1.165) is 5.56 Å². The molecule has 3 aromatic rings. The Hall–Kier alpha value is -3.15. The second-order valence-electron chi connectivity index (χ2n) is 6.88. The Balaban J connectivity index is 1.78. The summed E-state index contributed by atoms with van der Waals surface area (Å²) in [5, 5.41) is 10.3. The predicted octanol–water partition coefficient (Wildman–Crippen LogP) is 6.61. The number of rotatable bonds is 9. The Morgan fingerprint density at radius 1 is 0.906 bits per heavy atom. The van der Waals surface area contributed by atoms with Gasteiger partial charge in [-0.3, -0.25) is 0 Å². The highest BCUT2D eigenvalue weighted by atomic mass is 35.5. The zero-order valence-corrected chi connectivity index (χ0v) is 19.1. The molecular weight excluding hydrogens is 451 g/mol. The summed E-state index contributed by atoms with van der Waals surface area (Å²) in [7, 11) is 1.43. The van der Waals surface area contributed by atoms with Crippen LogP contribution in [0.3, 0.4) is 0 Å². The van der Waals surface area contributed by atoms with E-state index in [4.69, 9.17) is 37.4 Å². The molecule has 0 fully saturated rings. The predicted molar refractivity (Wildman–Crippen MR) is 125 cm³/mol. The van der Waals surface area contributed by atoms with Crippen LogP contribution in [0.15, 0.2) is 72.5 Å². The quantitative estimate of drug-likeness (QED) is 0.280. The molecule has 0 saturated carbocycles. The topological polar surface area (TPSA) is 65.0 Å². The van der Waals surface area contributed by atoms with E-state index in [1.165, 1.54) is 7.11 Å². The zero-order chi connectivity index (χ0) is 23.1. The zero-order valence-electron chi connectivity index (χ0n) is 17.6. The van der Waals surface area contributed by atoms with Crippen LogP contribution in [-0.4, -0.2) is 18.2 Å². The number of benzene rings is 3. The molecule has 7 heteroatoms. The van der Waals surface area contributed by atoms with Crippen molar-refractivity contribution in [3.05, 3.63) is 99.2 Å². The van der Waals surface area contributed by atoms with E-state index >= 15 is 0 Å². The Bertz CT molecular complexity index is 1100. The van der Waals surface area contributed by atoms with E-state index in [1.54, 1.807) is 37.3 Å². The molecule has 3 aromatic carbocycles. The molecule has 0 atom stereocenters. The summed E-state index contributed by atoms with van der Waals surface area (Å²) in [4.78, 5) is 11.8. The maximum atomic E-state index is 11.8. The van der Waals surface area contributed by atoms with Crippen LogP contribution in [0.2, 0.25) is 10.0 Å². The molecule has 32 heavy (non-hydrogen) atoms. The molecule has 5 nitrogen and oxygen atoms in total. The molecule has 3 rings (SSSR count). The first kappa shape index (κ1) is 23.5. The molecule has 0 saturated heterocycles. The van der Waals surface area contributed by atoms with E-state index in [-0.39, 0.29) is 12.2 Å². The second kappa shape index (κ2) is 10.9. The SMILES string of the molecule is COC(C)=C(C(=O)O)c1ccccc1COc1cc(Cl)c(OCc2ccccc2)c(Cl)c1. The van der Waals surface area contributed by atoms with Crippen LogP contribution in [0.5, 0.6) is 11.5 Å². The van der Waals surface area contributed by atoms with Gasteiger partial charge >= 0.3 is 5.97 Å². The van der Waals surface area contributed by atoms with Crippen LogP contribution in [0.1, 0.15) is 23.6 Å². The number of aliphatic carboxylic acids is 1. The van der Waals surface area contributed by atoms with Crippen molar-refractivity contribution in [2.24, 2.45) is 0 Å². The van der Waals surface area contributed by atoms with Crippen molar-refractivity contribution in [3.8, 4) is 11.5 Å². The standard InChI is InChI=1S/C25H22Cl2O5/c1-16(30-2)23(25(28)29)20-11-7-6-10-18(20)15-31-19-12-21(26)24(22(27)13-19)32-14-17-8-4-3-5-9-17/h3-13H,14-15H2,1-2H3,(H,28,29). The van der Waals surface area contributed by atoms with Crippen LogP contribution >= 0.6 is 23.2 Å². The molecule has 0 heterocycles. The number of ether oxygens (including phenoxy) is 3. The van der Waals surface area contributed by atoms with Crippen LogP contribution in [-0.2, 0) is 22.7 Å². The van der Waals surface area contributed by atoms with Crippen molar-refractivity contribution < 1.29 is 24.1 Å². The minimum absolute atomic E-state index is 0.0763. The lowest BCUT2D eigenvalue weighted by molar-refractivity contribution is -0.130. The third-order valence-corrected chi connectivity index (χ3v) is 5.31. The molecule has 1 N–H and O–H groups in total. The summed E-state index contributed by atoms with van der Waals surface area (Å²) in [6.07, 6.45) is 0. The number of allylic oxidation sites excluding steroid dienone is 1. The van der Waals surface area contributed by atoms with Gasteiger partial charge in [0.1, 0.15) is 30.3 Å². The highest BCUT2D eigenvalue weighted by molar-refractivity contribution is 6.37. The normalized spacial score (nSPS) is 11.5. The van der Waals surface area contributed by atoms with Gasteiger partial charge in [0.2, 0.25) is 0 Å². The number of hydrogen-bond acceptors (Lipinski definition) is 4. The molecule has 0 aliphatic carbocycles. The number of carboxylic acids is 1. The molecule has 0 spiro atoms. The Labute approximate surface area is 196 Å². The highest BCUT2D eigenvalue weighted by Gasteiger charge is 2.19. The Morgan fingerprint density at radius 2 is 1.53 bits per heavy atom. The number of hydrogen-bond donors (Lipinski definition) is 1. The number of carbonyl (C=O) groups is 1. The lowest BCUT2D eigenvalue weighted by atomic mass is 9.99. The van der Waals surface area contributed by atoms with Gasteiger partial charge in [-0.2, -0.15) is 0 Å². The van der Waals surface area contributed by atoms with Gasteiger partial charge in [0.25, 0.3) is 0 Å².